The zero-order valence-electron chi connectivity index (χ0n) is 9.47. The van der Waals surface area contributed by atoms with Gasteiger partial charge in [0.05, 0.1) is 5.25 Å². The van der Waals surface area contributed by atoms with E-state index in [1.807, 2.05) is 24.3 Å². The minimum absolute atomic E-state index is 0.444. The van der Waals surface area contributed by atoms with Crippen molar-refractivity contribution in [2.45, 2.75) is 24.5 Å². The van der Waals surface area contributed by atoms with Gasteiger partial charge in [0, 0.05) is 4.47 Å². The molecule has 0 radical (unpaired) electrons. The largest absolute Gasteiger partial charge is 0.228 e. The van der Waals surface area contributed by atoms with E-state index in [9.17, 15) is 8.42 Å². The average molecular weight is 318 g/mol. The standard InChI is InChI=1S/C12H16BrNO2S/c1-2-3-4-12(17(14,15)16)9-10-5-7-11(13)8-6-10/h2,5-8,12H,1,3-4,9H2,(H2,14,15,16)/t12-/m0/s1. The summed E-state index contributed by atoms with van der Waals surface area (Å²) in [5.74, 6) is 0. The topological polar surface area (TPSA) is 60.2 Å². The Bertz CT molecular complexity index is 468. The van der Waals surface area contributed by atoms with Crippen LogP contribution in [0.3, 0.4) is 0 Å². The van der Waals surface area contributed by atoms with E-state index in [1.165, 1.54) is 0 Å². The summed E-state index contributed by atoms with van der Waals surface area (Å²) in [5.41, 5.74) is 0.969. The van der Waals surface area contributed by atoms with Crippen molar-refractivity contribution in [3.63, 3.8) is 0 Å². The maximum Gasteiger partial charge on any atom is 0.212 e. The van der Waals surface area contributed by atoms with Crippen LogP contribution in [0, 0.1) is 0 Å². The molecule has 0 amide bonds. The van der Waals surface area contributed by atoms with Gasteiger partial charge < -0.3 is 0 Å². The molecule has 0 aliphatic heterocycles. The fourth-order valence-corrected chi connectivity index (χ4v) is 2.72. The van der Waals surface area contributed by atoms with Crippen LogP contribution < -0.4 is 5.14 Å². The van der Waals surface area contributed by atoms with E-state index in [-0.39, 0.29) is 0 Å². The van der Waals surface area contributed by atoms with E-state index in [0.29, 0.717) is 19.3 Å². The fourth-order valence-electron chi connectivity index (χ4n) is 1.57. The molecule has 0 spiro atoms. The summed E-state index contributed by atoms with van der Waals surface area (Å²) < 4.78 is 23.9. The van der Waals surface area contributed by atoms with Gasteiger partial charge in [-0.3, -0.25) is 0 Å². The summed E-state index contributed by atoms with van der Waals surface area (Å²) in [6.07, 6.45) is 3.32. The number of rotatable bonds is 6. The number of halogens is 1. The predicted molar refractivity (Wildman–Crippen MR) is 74.2 cm³/mol. The monoisotopic (exact) mass is 317 g/mol. The molecule has 0 saturated heterocycles. The number of allylic oxidation sites excluding steroid dienone is 1. The van der Waals surface area contributed by atoms with Gasteiger partial charge in [-0.1, -0.05) is 34.1 Å². The molecule has 0 unspecified atom stereocenters. The Morgan fingerprint density at radius 2 is 1.94 bits per heavy atom. The summed E-state index contributed by atoms with van der Waals surface area (Å²) >= 11 is 3.34. The van der Waals surface area contributed by atoms with E-state index in [4.69, 9.17) is 5.14 Å². The van der Waals surface area contributed by atoms with E-state index < -0.39 is 15.3 Å². The molecular weight excluding hydrogens is 302 g/mol. The molecule has 5 heteroatoms. The molecule has 17 heavy (non-hydrogen) atoms. The number of benzene rings is 1. The lowest BCUT2D eigenvalue weighted by Crippen LogP contribution is -2.30. The minimum atomic E-state index is -3.50. The molecule has 0 heterocycles. The predicted octanol–water partition coefficient (Wildman–Crippen LogP) is 2.61. The second kappa shape index (κ2) is 6.33. The Labute approximate surface area is 111 Å². The molecule has 0 fully saturated rings. The van der Waals surface area contributed by atoms with Gasteiger partial charge in [-0.15, -0.1) is 6.58 Å². The molecule has 0 aliphatic carbocycles. The van der Waals surface area contributed by atoms with Crippen LogP contribution in [0.5, 0.6) is 0 Å². The van der Waals surface area contributed by atoms with Gasteiger partial charge in [-0.2, -0.15) is 0 Å². The molecule has 1 aromatic carbocycles. The second-order valence-electron chi connectivity index (χ2n) is 3.91. The maximum atomic E-state index is 11.4. The van der Waals surface area contributed by atoms with Crippen LogP contribution >= 0.6 is 15.9 Å². The van der Waals surface area contributed by atoms with Crippen molar-refractivity contribution < 1.29 is 8.42 Å². The van der Waals surface area contributed by atoms with Crippen molar-refractivity contribution in [2.75, 3.05) is 0 Å². The molecule has 0 aromatic heterocycles. The van der Waals surface area contributed by atoms with Crippen LogP contribution in [0.2, 0.25) is 0 Å². The zero-order valence-corrected chi connectivity index (χ0v) is 11.9. The molecule has 0 aliphatic rings. The van der Waals surface area contributed by atoms with Gasteiger partial charge in [0.15, 0.2) is 0 Å². The van der Waals surface area contributed by atoms with Crippen molar-refractivity contribution >= 4 is 26.0 Å². The summed E-state index contributed by atoms with van der Waals surface area (Å²) in [7, 11) is -3.50. The van der Waals surface area contributed by atoms with E-state index in [0.717, 1.165) is 10.0 Å². The lowest BCUT2D eigenvalue weighted by molar-refractivity contribution is 0.571. The Balaban J connectivity index is 2.79. The smallest absolute Gasteiger partial charge is 0.212 e. The third-order valence-electron chi connectivity index (χ3n) is 2.53. The number of nitrogens with two attached hydrogens (primary N) is 1. The van der Waals surface area contributed by atoms with Gasteiger partial charge in [0.25, 0.3) is 0 Å². The Morgan fingerprint density at radius 1 is 1.35 bits per heavy atom. The Morgan fingerprint density at radius 3 is 2.41 bits per heavy atom. The number of hydrogen-bond acceptors (Lipinski definition) is 2. The van der Waals surface area contributed by atoms with Gasteiger partial charge in [0.2, 0.25) is 10.0 Å². The Kier molecular flexibility index (Phi) is 5.36. The molecule has 1 atom stereocenters. The average Bonchev–Trinajstić information content (AvgIpc) is 2.25. The summed E-state index contributed by atoms with van der Waals surface area (Å²) in [4.78, 5) is 0. The lowest BCUT2D eigenvalue weighted by atomic mass is 10.1. The van der Waals surface area contributed by atoms with Gasteiger partial charge in [0.1, 0.15) is 0 Å². The first-order valence-corrected chi connectivity index (χ1v) is 7.70. The first-order valence-electron chi connectivity index (χ1n) is 5.30. The van der Waals surface area contributed by atoms with Crippen LogP contribution in [-0.4, -0.2) is 13.7 Å². The second-order valence-corrected chi connectivity index (χ2v) is 6.67. The molecule has 3 nitrogen and oxygen atoms in total. The zero-order chi connectivity index (χ0) is 12.9. The van der Waals surface area contributed by atoms with E-state index in [1.54, 1.807) is 6.08 Å². The highest BCUT2D eigenvalue weighted by molar-refractivity contribution is 9.10. The van der Waals surface area contributed by atoms with Crippen LogP contribution in [0.1, 0.15) is 18.4 Å². The summed E-state index contributed by atoms with van der Waals surface area (Å²) in [5, 5.41) is 4.69. The highest BCUT2D eigenvalue weighted by Crippen LogP contribution is 2.16. The highest BCUT2D eigenvalue weighted by atomic mass is 79.9. The molecule has 0 bridgehead atoms. The number of sulfonamides is 1. The van der Waals surface area contributed by atoms with E-state index >= 15 is 0 Å². The van der Waals surface area contributed by atoms with Crippen LogP contribution in [0.25, 0.3) is 0 Å². The quantitative estimate of drug-likeness (QED) is 0.820. The molecule has 2 N–H and O–H groups in total. The van der Waals surface area contributed by atoms with Crippen LogP contribution in [0.4, 0.5) is 0 Å². The van der Waals surface area contributed by atoms with E-state index in [2.05, 4.69) is 22.5 Å². The maximum absolute atomic E-state index is 11.4. The van der Waals surface area contributed by atoms with Crippen LogP contribution in [0.15, 0.2) is 41.4 Å². The molecule has 1 aromatic rings. The van der Waals surface area contributed by atoms with Crippen molar-refractivity contribution in [1.82, 2.24) is 0 Å². The Hall–Kier alpha value is -0.650. The van der Waals surface area contributed by atoms with Gasteiger partial charge >= 0.3 is 0 Å². The molecule has 1 rings (SSSR count). The molecule has 94 valence electrons. The SMILES string of the molecule is C=CCC[C@@H](Cc1ccc(Br)cc1)S(N)(=O)=O. The summed E-state index contributed by atoms with van der Waals surface area (Å²) in [6, 6.07) is 7.58. The lowest BCUT2D eigenvalue weighted by Gasteiger charge is -2.13. The number of primary sulfonamides is 1. The van der Waals surface area contributed by atoms with Crippen molar-refractivity contribution in [1.29, 1.82) is 0 Å². The highest BCUT2D eigenvalue weighted by Gasteiger charge is 2.20. The van der Waals surface area contributed by atoms with Crippen molar-refractivity contribution in [3.05, 3.63) is 47.0 Å². The van der Waals surface area contributed by atoms with Gasteiger partial charge in [-0.05, 0) is 37.0 Å². The third kappa shape index (κ3) is 5.02. The minimum Gasteiger partial charge on any atom is -0.228 e. The first kappa shape index (κ1) is 14.4. The molecular formula is C12H16BrNO2S. The first-order chi connectivity index (χ1) is 7.93. The third-order valence-corrected chi connectivity index (χ3v) is 4.39. The van der Waals surface area contributed by atoms with Gasteiger partial charge in [-0.25, -0.2) is 13.6 Å². The number of hydrogen-bond donors (Lipinski definition) is 1. The fraction of sp³-hybridized carbons (Fsp3) is 0.333. The summed E-state index contributed by atoms with van der Waals surface area (Å²) in [6.45, 7) is 3.59. The van der Waals surface area contributed by atoms with Crippen LogP contribution in [-0.2, 0) is 16.4 Å². The molecule has 0 saturated carbocycles. The van der Waals surface area contributed by atoms with Crippen molar-refractivity contribution in [3.8, 4) is 0 Å². The normalized spacial score (nSPS) is 13.3. The van der Waals surface area contributed by atoms with Crippen molar-refractivity contribution in [2.24, 2.45) is 5.14 Å².